The zero-order valence-corrected chi connectivity index (χ0v) is 11.0. The maximum absolute atomic E-state index is 13.2. The van der Waals surface area contributed by atoms with E-state index in [-0.39, 0.29) is 11.9 Å². The minimum atomic E-state index is -0.289. The van der Waals surface area contributed by atoms with Crippen LogP contribution in [-0.2, 0) is 6.42 Å². The molecule has 0 bridgehead atoms. The van der Waals surface area contributed by atoms with Crippen LogP contribution in [0.2, 0.25) is 0 Å². The van der Waals surface area contributed by atoms with Gasteiger partial charge < -0.3 is 10.5 Å². The van der Waals surface area contributed by atoms with Gasteiger partial charge in [-0.25, -0.2) is 4.39 Å². The Morgan fingerprint density at radius 2 is 1.89 bits per heavy atom. The van der Waals surface area contributed by atoms with E-state index in [0.717, 1.165) is 6.42 Å². The Morgan fingerprint density at radius 1 is 1.16 bits per heavy atom. The van der Waals surface area contributed by atoms with Crippen molar-refractivity contribution in [3.05, 3.63) is 65.5 Å². The first-order chi connectivity index (χ1) is 9.16. The van der Waals surface area contributed by atoms with Crippen molar-refractivity contribution in [1.82, 2.24) is 0 Å². The maximum Gasteiger partial charge on any atom is 0.124 e. The second kappa shape index (κ2) is 6.34. The zero-order chi connectivity index (χ0) is 13.7. The van der Waals surface area contributed by atoms with Gasteiger partial charge in [-0.15, -0.1) is 0 Å². The summed E-state index contributed by atoms with van der Waals surface area (Å²) in [6.45, 7) is 2.37. The second-order valence-electron chi connectivity index (χ2n) is 4.55. The summed E-state index contributed by atoms with van der Waals surface area (Å²) in [7, 11) is 0. The van der Waals surface area contributed by atoms with E-state index in [2.05, 4.69) is 12.1 Å². The third-order valence-electron chi connectivity index (χ3n) is 2.95. The highest BCUT2D eigenvalue weighted by Gasteiger charge is 2.09. The fourth-order valence-electron chi connectivity index (χ4n) is 1.93. The zero-order valence-electron chi connectivity index (χ0n) is 11.0. The SMILES string of the molecule is CC(N)c1cc(F)ccc1OCCc1ccccc1. The minimum Gasteiger partial charge on any atom is -0.493 e. The average Bonchev–Trinajstić information content (AvgIpc) is 2.41. The predicted octanol–water partition coefficient (Wildman–Crippen LogP) is 3.47. The lowest BCUT2D eigenvalue weighted by molar-refractivity contribution is 0.316. The molecule has 0 spiro atoms. The number of benzene rings is 2. The highest BCUT2D eigenvalue weighted by Crippen LogP contribution is 2.24. The van der Waals surface area contributed by atoms with Crippen LogP contribution in [0, 0.1) is 5.82 Å². The summed E-state index contributed by atoms with van der Waals surface area (Å²) < 4.78 is 18.9. The smallest absolute Gasteiger partial charge is 0.124 e. The fourth-order valence-corrected chi connectivity index (χ4v) is 1.93. The normalized spacial score (nSPS) is 12.2. The first kappa shape index (κ1) is 13.6. The van der Waals surface area contributed by atoms with Crippen molar-refractivity contribution in [2.45, 2.75) is 19.4 Å². The predicted molar refractivity (Wildman–Crippen MR) is 74.6 cm³/mol. The highest BCUT2D eigenvalue weighted by atomic mass is 19.1. The second-order valence-corrected chi connectivity index (χ2v) is 4.55. The molecule has 1 atom stereocenters. The lowest BCUT2D eigenvalue weighted by atomic mass is 10.1. The van der Waals surface area contributed by atoms with Crippen LogP contribution in [0.25, 0.3) is 0 Å². The van der Waals surface area contributed by atoms with E-state index in [1.807, 2.05) is 25.1 Å². The van der Waals surface area contributed by atoms with Crippen LogP contribution in [-0.4, -0.2) is 6.61 Å². The number of rotatable bonds is 5. The van der Waals surface area contributed by atoms with Gasteiger partial charge in [0.2, 0.25) is 0 Å². The summed E-state index contributed by atoms with van der Waals surface area (Å²) in [5, 5.41) is 0. The van der Waals surface area contributed by atoms with E-state index in [1.165, 1.54) is 17.7 Å². The monoisotopic (exact) mass is 259 g/mol. The highest BCUT2D eigenvalue weighted by molar-refractivity contribution is 5.36. The molecule has 1 unspecified atom stereocenters. The molecular weight excluding hydrogens is 241 g/mol. The summed E-state index contributed by atoms with van der Waals surface area (Å²) in [5.74, 6) is 0.370. The van der Waals surface area contributed by atoms with Gasteiger partial charge in [0.15, 0.2) is 0 Å². The van der Waals surface area contributed by atoms with Crippen LogP contribution in [0.5, 0.6) is 5.75 Å². The Kier molecular flexibility index (Phi) is 4.53. The molecule has 0 saturated heterocycles. The van der Waals surface area contributed by atoms with Gasteiger partial charge in [-0.3, -0.25) is 0 Å². The van der Waals surface area contributed by atoms with E-state index >= 15 is 0 Å². The van der Waals surface area contributed by atoms with Gasteiger partial charge in [0, 0.05) is 18.0 Å². The third-order valence-corrected chi connectivity index (χ3v) is 2.95. The van der Waals surface area contributed by atoms with Crippen molar-refractivity contribution in [2.75, 3.05) is 6.61 Å². The molecule has 0 aliphatic heterocycles. The Hall–Kier alpha value is -1.87. The first-order valence-corrected chi connectivity index (χ1v) is 6.38. The van der Waals surface area contributed by atoms with Gasteiger partial charge >= 0.3 is 0 Å². The van der Waals surface area contributed by atoms with E-state index < -0.39 is 0 Å². The van der Waals surface area contributed by atoms with Gasteiger partial charge in [0.05, 0.1) is 6.61 Å². The van der Waals surface area contributed by atoms with Crippen molar-refractivity contribution >= 4 is 0 Å². The first-order valence-electron chi connectivity index (χ1n) is 6.38. The quantitative estimate of drug-likeness (QED) is 0.892. The Balaban J connectivity index is 2.00. The molecule has 0 aliphatic rings. The van der Waals surface area contributed by atoms with Crippen LogP contribution in [0.1, 0.15) is 24.1 Å². The molecule has 100 valence electrons. The summed E-state index contributed by atoms with van der Waals surface area (Å²) in [6.07, 6.45) is 0.816. The molecule has 0 saturated carbocycles. The summed E-state index contributed by atoms with van der Waals surface area (Å²) >= 11 is 0. The van der Waals surface area contributed by atoms with Crippen LogP contribution in [0.15, 0.2) is 48.5 Å². The number of halogens is 1. The average molecular weight is 259 g/mol. The molecule has 2 aromatic carbocycles. The Labute approximate surface area is 113 Å². The maximum atomic E-state index is 13.2. The van der Waals surface area contributed by atoms with E-state index in [0.29, 0.717) is 17.9 Å². The van der Waals surface area contributed by atoms with E-state index in [4.69, 9.17) is 10.5 Å². The molecule has 2 rings (SSSR count). The summed E-state index contributed by atoms with van der Waals surface area (Å²) in [4.78, 5) is 0. The molecule has 0 aromatic heterocycles. The molecular formula is C16H18FNO. The van der Waals surface area contributed by atoms with E-state index in [9.17, 15) is 4.39 Å². The molecule has 0 heterocycles. The third kappa shape index (κ3) is 3.80. The number of hydrogen-bond donors (Lipinski definition) is 1. The van der Waals surface area contributed by atoms with Crippen molar-refractivity contribution in [3.63, 3.8) is 0 Å². The van der Waals surface area contributed by atoms with Gasteiger partial charge in [0.1, 0.15) is 11.6 Å². The molecule has 0 radical (unpaired) electrons. The summed E-state index contributed by atoms with van der Waals surface area (Å²) in [5.41, 5.74) is 7.74. The van der Waals surface area contributed by atoms with Crippen LogP contribution in [0.4, 0.5) is 4.39 Å². The molecule has 2 nitrogen and oxygen atoms in total. The lowest BCUT2D eigenvalue weighted by Crippen LogP contribution is -2.10. The largest absolute Gasteiger partial charge is 0.493 e. The Bertz CT molecular complexity index is 526. The molecule has 2 N–H and O–H groups in total. The molecule has 2 aromatic rings. The topological polar surface area (TPSA) is 35.2 Å². The van der Waals surface area contributed by atoms with Crippen molar-refractivity contribution in [3.8, 4) is 5.75 Å². The van der Waals surface area contributed by atoms with E-state index in [1.54, 1.807) is 6.07 Å². The van der Waals surface area contributed by atoms with Crippen molar-refractivity contribution in [2.24, 2.45) is 5.73 Å². The summed E-state index contributed by atoms with van der Waals surface area (Å²) in [6, 6.07) is 14.3. The van der Waals surface area contributed by atoms with Crippen molar-refractivity contribution < 1.29 is 9.13 Å². The van der Waals surface area contributed by atoms with Gasteiger partial charge in [-0.1, -0.05) is 30.3 Å². The van der Waals surface area contributed by atoms with Crippen molar-refractivity contribution in [1.29, 1.82) is 0 Å². The Morgan fingerprint density at radius 3 is 2.58 bits per heavy atom. The molecule has 19 heavy (non-hydrogen) atoms. The van der Waals surface area contributed by atoms with Crippen LogP contribution < -0.4 is 10.5 Å². The number of hydrogen-bond acceptors (Lipinski definition) is 2. The van der Waals surface area contributed by atoms with Crippen LogP contribution in [0.3, 0.4) is 0 Å². The molecule has 0 amide bonds. The van der Waals surface area contributed by atoms with Gasteiger partial charge in [-0.2, -0.15) is 0 Å². The standard InChI is InChI=1S/C16H18FNO/c1-12(18)15-11-14(17)7-8-16(15)19-10-9-13-5-3-2-4-6-13/h2-8,11-12H,9-10,18H2,1H3. The number of nitrogens with two attached hydrogens (primary N) is 1. The number of ether oxygens (including phenoxy) is 1. The minimum absolute atomic E-state index is 0.248. The lowest BCUT2D eigenvalue weighted by Gasteiger charge is -2.14. The van der Waals surface area contributed by atoms with Gasteiger partial charge in [-0.05, 0) is 30.7 Å². The van der Waals surface area contributed by atoms with Gasteiger partial charge in [0.25, 0.3) is 0 Å². The molecule has 0 aliphatic carbocycles. The van der Waals surface area contributed by atoms with Crippen LogP contribution >= 0.6 is 0 Å². The molecule has 3 heteroatoms. The fraction of sp³-hybridized carbons (Fsp3) is 0.250. The molecule has 0 fully saturated rings.